The molecule has 0 aliphatic heterocycles. The van der Waals surface area contributed by atoms with Crippen LogP contribution in [0.4, 0.5) is 0 Å². The van der Waals surface area contributed by atoms with E-state index in [4.69, 9.17) is 39.0 Å². The van der Waals surface area contributed by atoms with Crippen LogP contribution in [-0.2, 0) is 0 Å². The van der Waals surface area contributed by atoms with Crippen molar-refractivity contribution >= 4 is 28.8 Å². The van der Waals surface area contributed by atoms with Crippen LogP contribution in [0, 0.1) is 6.92 Å². The summed E-state index contributed by atoms with van der Waals surface area (Å²) in [6.07, 6.45) is 0. The third kappa shape index (κ3) is 4.62. The van der Waals surface area contributed by atoms with Crippen LogP contribution >= 0.6 is 23.8 Å². The van der Waals surface area contributed by atoms with Gasteiger partial charge < -0.3 is 15.2 Å². The Kier molecular flexibility index (Phi) is 5.42. The molecule has 0 bridgehead atoms. The summed E-state index contributed by atoms with van der Waals surface area (Å²) in [6.45, 7) is 2.82. The van der Waals surface area contributed by atoms with Gasteiger partial charge in [0.15, 0.2) is 0 Å². The van der Waals surface area contributed by atoms with Gasteiger partial charge in [0.2, 0.25) is 0 Å². The second-order valence-corrected chi connectivity index (χ2v) is 5.38. The molecule has 5 heteroatoms. The van der Waals surface area contributed by atoms with Crippen molar-refractivity contribution < 1.29 is 9.47 Å². The molecule has 2 aromatic rings. The molecule has 0 radical (unpaired) electrons. The Hall–Kier alpha value is -1.78. The molecule has 0 heterocycles. The van der Waals surface area contributed by atoms with E-state index in [-0.39, 0.29) is 0 Å². The average Bonchev–Trinajstić information content (AvgIpc) is 2.47. The van der Waals surface area contributed by atoms with Gasteiger partial charge >= 0.3 is 0 Å². The Morgan fingerprint density at radius 2 is 1.90 bits per heavy atom. The van der Waals surface area contributed by atoms with Gasteiger partial charge in [-0.05, 0) is 36.8 Å². The summed E-state index contributed by atoms with van der Waals surface area (Å²) in [5.74, 6) is 1.48. The summed E-state index contributed by atoms with van der Waals surface area (Å²) < 4.78 is 11.3. The van der Waals surface area contributed by atoms with Crippen LogP contribution in [0.2, 0.25) is 5.02 Å². The van der Waals surface area contributed by atoms with Crippen LogP contribution < -0.4 is 15.2 Å². The number of benzene rings is 2. The highest BCUT2D eigenvalue weighted by Gasteiger charge is 2.02. The summed E-state index contributed by atoms with van der Waals surface area (Å²) in [7, 11) is 0. The largest absolute Gasteiger partial charge is 0.490 e. The molecule has 3 nitrogen and oxygen atoms in total. The van der Waals surface area contributed by atoms with E-state index < -0.39 is 0 Å². The van der Waals surface area contributed by atoms with Gasteiger partial charge in [-0.3, -0.25) is 0 Å². The van der Waals surface area contributed by atoms with Crippen LogP contribution in [0.3, 0.4) is 0 Å². The van der Waals surface area contributed by atoms with Gasteiger partial charge in [-0.1, -0.05) is 42.0 Å². The van der Waals surface area contributed by atoms with E-state index in [0.717, 1.165) is 16.9 Å². The standard InChI is InChI=1S/C16H16ClNO2S/c1-11-5-6-13(17)10-15(11)20-8-7-19-14-4-2-3-12(9-14)16(18)21/h2-6,9-10H,7-8H2,1H3,(H2,18,21). The topological polar surface area (TPSA) is 44.5 Å². The molecule has 0 fully saturated rings. The number of hydrogen-bond acceptors (Lipinski definition) is 3. The zero-order chi connectivity index (χ0) is 15.2. The Morgan fingerprint density at radius 3 is 2.67 bits per heavy atom. The van der Waals surface area contributed by atoms with Crippen molar-refractivity contribution in [2.24, 2.45) is 5.73 Å². The highest BCUT2D eigenvalue weighted by molar-refractivity contribution is 7.80. The molecule has 0 saturated carbocycles. The van der Waals surface area contributed by atoms with Crippen molar-refractivity contribution in [3.05, 3.63) is 58.6 Å². The lowest BCUT2D eigenvalue weighted by atomic mass is 10.2. The van der Waals surface area contributed by atoms with Crippen LogP contribution in [0.5, 0.6) is 11.5 Å². The molecule has 21 heavy (non-hydrogen) atoms. The van der Waals surface area contributed by atoms with Crippen molar-refractivity contribution in [1.29, 1.82) is 0 Å². The fraction of sp³-hybridized carbons (Fsp3) is 0.188. The molecule has 2 aromatic carbocycles. The second-order valence-electron chi connectivity index (χ2n) is 4.50. The predicted octanol–water partition coefficient (Wildman–Crippen LogP) is 3.74. The Labute approximate surface area is 134 Å². The number of rotatable bonds is 6. The van der Waals surface area contributed by atoms with E-state index in [1.807, 2.05) is 43.3 Å². The highest BCUT2D eigenvalue weighted by atomic mass is 35.5. The quantitative estimate of drug-likeness (QED) is 0.650. The predicted molar refractivity (Wildman–Crippen MR) is 89.5 cm³/mol. The number of aryl methyl sites for hydroxylation is 1. The van der Waals surface area contributed by atoms with Crippen molar-refractivity contribution in [3.63, 3.8) is 0 Å². The molecule has 0 atom stereocenters. The van der Waals surface area contributed by atoms with E-state index in [1.54, 1.807) is 6.07 Å². The van der Waals surface area contributed by atoms with Gasteiger partial charge in [0, 0.05) is 10.6 Å². The van der Waals surface area contributed by atoms with Gasteiger partial charge in [0.05, 0.1) is 0 Å². The van der Waals surface area contributed by atoms with E-state index in [0.29, 0.717) is 29.0 Å². The Morgan fingerprint density at radius 1 is 1.14 bits per heavy atom. The van der Waals surface area contributed by atoms with Gasteiger partial charge in [-0.25, -0.2) is 0 Å². The van der Waals surface area contributed by atoms with Gasteiger partial charge in [0.25, 0.3) is 0 Å². The fourth-order valence-corrected chi connectivity index (χ4v) is 2.07. The summed E-state index contributed by atoms with van der Waals surface area (Å²) in [5, 5.41) is 0.653. The van der Waals surface area contributed by atoms with Crippen LogP contribution in [0.15, 0.2) is 42.5 Å². The van der Waals surface area contributed by atoms with Gasteiger partial charge in [0.1, 0.15) is 29.7 Å². The molecule has 2 rings (SSSR count). The van der Waals surface area contributed by atoms with Crippen molar-refractivity contribution in [2.75, 3.05) is 13.2 Å². The summed E-state index contributed by atoms with van der Waals surface area (Å²) >= 11 is 10.9. The van der Waals surface area contributed by atoms with Crippen molar-refractivity contribution in [3.8, 4) is 11.5 Å². The third-order valence-corrected chi connectivity index (χ3v) is 3.35. The average molecular weight is 322 g/mol. The first kappa shape index (κ1) is 15.6. The molecule has 0 aliphatic carbocycles. The molecule has 0 spiro atoms. The zero-order valence-electron chi connectivity index (χ0n) is 11.6. The molecule has 0 saturated heterocycles. The summed E-state index contributed by atoms with van der Waals surface area (Å²) in [5.41, 5.74) is 7.41. The smallest absolute Gasteiger partial charge is 0.123 e. The minimum Gasteiger partial charge on any atom is -0.490 e. The minimum atomic E-state index is 0.353. The molecular formula is C16H16ClNO2S. The number of hydrogen-bond donors (Lipinski definition) is 1. The molecule has 2 N–H and O–H groups in total. The number of ether oxygens (including phenoxy) is 2. The highest BCUT2D eigenvalue weighted by Crippen LogP contribution is 2.22. The van der Waals surface area contributed by atoms with E-state index in [2.05, 4.69) is 0 Å². The maximum absolute atomic E-state index is 5.94. The molecule has 0 unspecified atom stereocenters. The van der Waals surface area contributed by atoms with Crippen LogP contribution in [0.25, 0.3) is 0 Å². The lowest BCUT2D eigenvalue weighted by molar-refractivity contribution is 0.216. The molecular weight excluding hydrogens is 306 g/mol. The molecule has 110 valence electrons. The third-order valence-electron chi connectivity index (χ3n) is 2.88. The normalized spacial score (nSPS) is 10.2. The summed E-state index contributed by atoms with van der Waals surface area (Å²) in [6, 6.07) is 12.9. The number of halogens is 1. The van der Waals surface area contributed by atoms with Crippen LogP contribution in [-0.4, -0.2) is 18.2 Å². The van der Waals surface area contributed by atoms with E-state index in [1.165, 1.54) is 0 Å². The SMILES string of the molecule is Cc1ccc(Cl)cc1OCCOc1cccc(C(N)=S)c1. The number of nitrogens with two attached hydrogens (primary N) is 1. The van der Waals surface area contributed by atoms with Gasteiger partial charge in [-0.2, -0.15) is 0 Å². The second kappa shape index (κ2) is 7.29. The van der Waals surface area contributed by atoms with Crippen molar-refractivity contribution in [2.45, 2.75) is 6.92 Å². The first-order valence-electron chi connectivity index (χ1n) is 6.48. The van der Waals surface area contributed by atoms with E-state index in [9.17, 15) is 0 Å². The first-order valence-corrected chi connectivity index (χ1v) is 7.26. The monoisotopic (exact) mass is 321 g/mol. The molecule has 0 aromatic heterocycles. The Balaban J connectivity index is 1.86. The van der Waals surface area contributed by atoms with Crippen LogP contribution in [0.1, 0.15) is 11.1 Å². The maximum Gasteiger partial charge on any atom is 0.123 e. The maximum atomic E-state index is 5.94. The summed E-state index contributed by atoms with van der Waals surface area (Å²) in [4.78, 5) is 0.353. The first-order chi connectivity index (χ1) is 10.1. The lowest BCUT2D eigenvalue weighted by Crippen LogP contribution is -2.11. The lowest BCUT2D eigenvalue weighted by Gasteiger charge is -2.11. The van der Waals surface area contributed by atoms with Crippen molar-refractivity contribution in [1.82, 2.24) is 0 Å². The minimum absolute atomic E-state index is 0.353. The molecule has 0 aliphatic rings. The fourth-order valence-electron chi connectivity index (χ4n) is 1.78. The van der Waals surface area contributed by atoms with E-state index >= 15 is 0 Å². The Bertz CT molecular complexity index is 646. The van der Waals surface area contributed by atoms with Gasteiger partial charge in [-0.15, -0.1) is 0 Å². The zero-order valence-corrected chi connectivity index (χ0v) is 13.2. The molecule has 0 amide bonds. The number of thiocarbonyl (C=S) groups is 1.